The summed E-state index contributed by atoms with van der Waals surface area (Å²) in [5.41, 5.74) is 2.32. The third kappa shape index (κ3) is 8.47. The van der Waals surface area contributed by atoms with E-state index in [9.17, 15) is 0 Å². The van der Waals surface area contributed by atoms with Crippen LogP contribution in [0.4, 0.5) is 0 Å². The van der Waals surface area contributed by atoms with Crippen molar-refractivity contribution in [2.45, 2.75) is 0 Å². The van der Waals surface area contributed by atoms with E-state index >= 15 is 0 Å². The average Bonchev–Trinajstić information content (AvgIpc) is 3.43. The molecule has 0 aromatic carbocycles. The van der Waals surface area contributed by atoms with Crippen molar-refractivity contribution in [2.75, 3.05) is 0 Å². The largest absolute Gasteiger partial charge is 0.285 e. The highest BCUT2D eigenvalue weighted by atomic mass is 127. The summed E-state index contributed by atoms with van der Waals surface area (Å²) >= 11 is 2.18. The summed E-state index contributed by atoms with van der Waals surface area (Å²) in [5, 5.41) is 12.8. The van der Waals surface area contributed by atoms with E-state index in [-0.39, 0.29) is 0 Å². The van der Waals surface area contributed by atoms with Crippen LogP contribution in [0.1, 0.15) is 17.0 Å². The second-order valence-corrected chi connectivity index (χ2v) is 5.97. The third-order valence-corrected chi connectivity index (χ3v) is 3.37. The van der Waals surface area contributed by atoms with Crippen LogP contribution in [0.5, 0.6) is 0 Å². The zero-order valence-electron chi connectivity index (χ0n) is 14.2. The van der Waals surface area contributed by atoms with Gasteiger partial charge in [0.15, 0.2) is 0 Å². The minimum atomic E-state index is 0.688. The molecule has 0 unspecified atom stereocenters. The second kappa shape index (κ2) is 12.0. The molecule has 0 bridgehead atoms. The van der Waals surface area contributed by atoms with Crippen molar-refractivity contribution in [3.63, 3.8) is 0 Å². The summed E-state index contributed by atoms with van der Waals surface area (Å²) in [4.78, 5) is 7.94. The first-order valence-corrected chi connectivity index (χ1v) is 8.79. The number of nitrogens with zero attached hydrogens (tertiary/aromatic N) is 4. The lowest BCUT2D eigenvalue weighted by atomic mass is 10.3. The minimum absolute atomic E-state index is 0.688. The van der Waals surface area contributed by atoms with Crippen LogP contribution >= 0.6 is 22.6 Å². The maximum atomic E-state index is 5.04. The average molecular weight is 466 g/mol. The lowest BCUT2D eigenvalue weighted by Gasteiger charge is -1.84. The van der Waals surface area contributed by atoms with Crippen LogP contribution in [0.3, 0.4) is 0 Å². The lowest BCUT2D eigenvalue weighted by molar-refractivity contribution is 1.09. The number of hydrogen-bond donors (Lipinski definition) is 2. The highest BCUT2D eigenvalue weighted by molar-refractivity contribution is 14.1. The van der Waals surface area contributed by atoms with Crippen molar-refractivity contribution >= 4 is 22.6 Å². The van der Waals surface area contributed by atoms with Gasteiger partial charge in [0, 0.05) is 24.8 Å². The Morgan fingerprint density at radius 3 is 1.89 bits per heavy atom. The van der Waals surface area contributed by atoms with Crippen molar-refractivity contribution in [1.82, 2.24) is 30.4 Å². The van der Waals surface area contributed by atoms with Gasteiger partial charge in [0.2, 0.25) is 0 Å². The molecule has 27 heavy (non-hydrogen) atoms. The van der Waals surface area contributed by atoms with E-state index in [0.717, 1.165) is 14.8 Å². The van der Waals surface area contributed by atoms with Gasteiger partial charge in [0.05, 0.1) is 21.5 Å². The zero-order valence-corrected chi connectivity index (χ0v) is 16.3. The van der Waals surface area contributed by atoms with Gasteiger partial charge in [-0.1, -0.05) is 24.0 Å². The fourth-order valence-corrected chi connectivity index (χ4v) is 1.85. The molecule has 2 N–H and O–H groups in total. The van der Waals surface area contributed by atoms with E-state index in [1.165, 1.54) is 0 Å². The zero-order chi connectivity index (χ0) is 19.2. The Bertz CT molecular complexity index is 980. The number of aromatic amines is 2. The standard InChI is InChI=1S/C10H7N3.C7H5N.C3H3IN2/c1-2-6-11-10(3-1)5-4-9-7-12-13-8-9;1-2-7-5-3-4-6-8-7;4-3-1-5-6-2-3/h1-3,6-8H,(H,12,13);1,3-6H;1-2H,(H,5,6). The number of nitrogens with one attached hydrogen (secondary N) is 2. The molecule has 0 amide bonds. The predicted molar refractivity (Wildman–Crippen MR) is 112 cm³/mol. The summed E-state index contributed by atoms with van der Waals surface area (Å²) in [6, 6.07) is 11.1. The molecule has 0 spiro atoms. The molecule has 4 rings (SSSR count). The molecular formula is C20H15IN6. The first kappa shape index (κ1) is 19.9. The number of pyridine rings is 2. The molecule has 4 aromatic rings. The fourth-order valence-electron chi connectivity index (χ4n) is 1.58. The van der Waals surface area contributed by atoms with Crippen LogP contribution in [0.15, 0.2) is 73.6 Å². The summed E-state index contributed by atoms with van der Waals surface area (Å²) < 4.78 is 1.15. The number of terminal acetylenes is 1. The van der Waals surface area contributed by atoms with Crippen LogP contribution < -0.4 is 0 Å². The topological polar surface area (TPSA) is 83.1 Å². The van der Waals surface area contributed by atoms with Crippen molar-refractivity contribution in [1.29, 1.82) is 0 Å². The maximum absolute atomic E-state index is 5.04. The van der Waals surface area contributed by atoms with Crippen LogP contribution in [-0.4, -0.2) is 30.4 Å². The maximum Gasteiger partial charge on any atom is 0.113 e. The molecule has 7 heteroatoms. The van der Waals surface area contributed by atoms with Gasteiger partial charge in [-0.05, 0) is 52.8 Å². The van der Waals surface area contributed by atoms with Crippen LogP contribution in [-0.2, 0) is 0 Å². The summed E-state index contributed by atoms with van der Waals surface area (Å²) in [5.74, 6) is 8.28. The molecule has 6 nitrogen and oxygen atoms in total. The Hall–Kier alpha value is -3.43. The Balaban J connectivity index is 0.000000159. The van der Waals surface area contributed by atoms with Crippen molar-refractivity contribution < 1.29 is 0 Å². The molecule has 0 saturated carbocycles. The molecule has 0 aliphatic carbocycles. The predicted octanol–water partition coefficient (Wildman–Crippen LogP) is 3.28. The van der Waals surface area contributed by atoms with E-state index in [4.69, 9.17) is 6.42 Å². The van der Waals surface area contributed by atoms with Gasteiger partial charge in [0.1, 0.15) is 11.4 Å². The summed E-state index contributed by atoms with van der Waals surface area (Å²) in [6.45, 7) is 0. The Labute approximate surface area is 171 Å². The Morgan fingerprint density at radius 1 is 0.815 bits per heavy atom. The Kier molecular flexibility index (Phi) is 8.85. The van der Waals surface area contributed by atoms with E-state index in [1.807, 2.05) is 36.5 Å². The number of halogens is 1. The van der Waals surface area contributed by atoms with Gasteiger partial charge in [-0.3, -0.25) is 10.2 Å². The monoisotopic (exact) mass is 466 g/mol. The first-order valence-electron chi connectivity index (χ1n) is 7.71. The van der Waals surface area contributed by atoms with Gasteiger partial charge in [-0.25, -0.2) is 9.97 Å². The smallest absolute Gasteiger partial charge is 0.113 e. The molecule has 132 valence electrons. The summed E-state index contributed by atoms with van der Waals surface area (Å²) in [7, 11) is 0. The van der Waals surface area contributed by atoms with E-state index < -0.39 is 0 Å². The number of H-pyrrole nitrogens is 2. The van der Waals surface area contributed by atoms with Gasteiger partial charge in [-0.15, -0.1) is 6.42 Å². The normalized spacial score (nSPS) is 8.59. The number of hydrogen-bond acceptors (Lipinski definition) is 4. The van der Waals surface area contributed by atoms with Gasteiger partial charge in [-0.2, -0.15) is 10.2 Å². The highest BCUT2D eigenvalue weighted by Gasteiger charge is 1.86. The van der Waals surface area contributed by atoms with Gasteiger partial charge < -0.3 is 0 Å². The van der Waals surface area contributed by atoms with E-state index in [0.29, 0.717) is 5.69 Å². The van der Waals surface area contributed by atoms with Crippen LogP contribution in [0.25, 0.3) is 0 Å². The van der Waals surface area contributed by atoms with Crippen molar-refractivity contribution in [3.05, 3.63) is 94.1 Å². The van der Waals surface area contributed by atoms with Crippen LogP contribution in [0.2, 0.25) is 0 Å². The van der Waals surface area contributed by atoms with Crippen molar-refractivity contribution in [2.24, 2.45) is 0 Å². The minimum Gasteiger partial charge on any atom is -0.285 e. The molecule has 0 fully saturated rings. The molecule has 0 radical (unpaired) electrons. The number of rotatable bonds is 0. The summed E-state index contributed by atoms with van der Waals surface area (Å²) in [6.07, 6.45) is 15.5. The van der Waals surface area contributed by atoms with E-state index in [1.54, 1.807) is 37.1 Å². The Morgan fingerprint density at radius 2 is 1.48 bits per heavy atom. The molecular weight excluding hydrogens is 451 g/mol. The van der Waals surface area contributed by atoms with Crippen molar-refractivity contribution in [3.8, 4) is 24.2 Å². The second-order valence-electron chi connectivity index (χ2n) is 4.73. The van der Waals surface area contributed by atoms with E-state index in [2.05, 4.69) is 70.7 Å². The molecule has 0 atom stereocenters. The molecule has 4 heterocycles. The molecule has 4 aromatic heterocycles. The molecule has 0 aliphatic heterocycles. The molecule has 0 saturated heterocycles. The quantitative estimate of drug-likeness (QED) is 0.308. The third-order valence-electron chi connectivity index (χ3n) is 2.78. The van der Waals surface area contributed by atoms with Gasteiger partial charge in [0.25, 0.3) is 0 Å². The molecule has 0 aliphatic rings. The highest BCUT2D eigenvalue weighted by Crippen LogP contribution is 1.95. The lowest BCUT2D eigenvalue weighted by Crippen LogP contribution is -1.78. The fraction of sp³-hybridized carbons (Fsp3) is 0. The number of aromatic nitrogens is 6. The van der Waals surface area contributed by atoms with Crippen LogP contribution in [0, 0.1) is 27.8 Å². The first-order chi connectivity index (χ1) is 13.3. The van der Waals surface area contributed by atoms with Gasteiger partial charge >= 0.3 is 0 Å². The SMILES string of the molecule is C#Cc1ccccn1.C(#Cc1ccccn1)c1cn[nH]c1.Ic1cn[nH]c1.